The minimum atomic E-state index is 0.130. The van der Waals surface area contributed by atoms with Gasteiger partial charge in [0.15, 0.2) is 5.82 Å². The molecule has 0 saturated heterocycles. The smallest absolute Gasteiger partial charge is 0.222 e. The van der Waals surface area contributed by atoms with E-state index < -0.39 is 0 Å². The summed E-state index contributed by atoms with van der Waals surface area (Å²) in [6.45, 7) is 0.971. The summed E-state index contributed by atoms with van der Waals surface area (Å²) < 4.78 is 15.8. The van der Waals surface area contributed by atoms with Crippen LogP contribution in [0.25, 0.3) is 0 Å². The fraction of sp³-hybridized carbons (Fsp3) is 0.286. The fourth-order valence-corrected chi connectivity index (χ4v) is 1.84. The highest BCUT2D eigenvalue weighted by Gasteiger charge is 2.09. The third-order valence-electron chi connectivity index (χ3n) is 2.74. The van der Waals surface area contributed by atoms with Gasteiger partial charge < -0.3 is 25.3 Å². The second kappa shape index (κ2) is 7.67. The second-order valence-electron chi connectivity index (χ2n) is 4.25. The number of ether oxygens (including phenoxy) is 3. The van der Waals surface area contributed by atoms with Crippen LogP contribution in [0.3, 0.4) is 0 Å². The van der Waals surface area contributed by atoms with Crippen LogP contribution in [0.15, 0.2) is 24.4 Å². The van der Waals surface area contributed by atoms with Gasteiger partial charge in [0, 0.05) is 13.2 Å². The van der Waals surface area contributed by atoms with Gasteiger partial charge in [0.2, 0.25) is 5.95 Å². The van der Waals surface area contributed by atoms with E-state index in [0.717, 1.165) is 0 Å². The molecule has 0 spiro atoms. The quantitative estimate of drug-likeness (QED) is 0.756. The molecule has 1 aromatic carbocycles. The lowest BCUT2D eigenvalue weighted by Gasteiger charge is -2.13. The van der Waals surface area contributed by atoms with Crippen LogP contribution < -0.4 is 20.5 Å². The zero-order valence-electron chi connectivity index (χ0n) is 12.3. The molecule has 0 radical (unpaired) electrons. The first-order valence-corrected chi connectivity index (χ1v) is 6.86. The zero-order valence-corrected chi connectivity index (χ0v) is 13.1. The Morgan fingerprint density at radius 2 is 2.09 bits per heavy atom. The molecule has 1 aromatic heterocycles. The van der Waals surface area contributed by atoms with E-state index >= 15 is 0 Å². The number of nitrogen functional groups attached to an aromatic ring is 1. The Morgan fingerprint density at radius 3 is 2.82 bits per heavy atom. The van der Waals surface area contributed by atoms with Gasteiger partial charge in [-0.15, -0.1) is 0 Å². The van der Waals surface area contributed by atoms with Crippen LogP contribution in [0, 0.1) is 0 Å². The van der Waals surface area contributed by atoms with Crippen molar-refractivity contribution in [3.63, 3.8) is 0 Å². The lowest BCUT2D eigenvalue weighted by atomic mass is 10.2. The van der Waals surface area contributed by atoms with Crippen molar-refractivity contribution in [3.05, 3.63) is 29.4 Å². The van der Waals surface area contributed by atoms with E-state index in [1.165, 1.54) is 6.20 Å². The van der Waals surface area contributed by atoms with Crippen LogP contribution in [0.5, 0.6) is 11.5 Å². The number of nitrogens with two attached hydrogens (primary N) is 1. The van der Waals surface area contributed by atoms with Crippen LogP contribution in [0.4, 0.5) is 17.5 Å². The molecule has 0 aliphatic heterocycles. The van der Waals surface area contributed by atoms with E-state index in [4.69, 9.17) is 31.5 Å². The Hall–Kier alpha value is -2.25. The molecule has 0 bridgehead atoms. The van der Waals surface area contributed by atoms with Gasteiger partial charge in [-0.1, -0.05) is 11.6 Å². The van der Waals surface area contributed by atoms with E-state index in [1.54, 1.807) is 32.4 Å². The lowest BCUT2D eigenvalue weighted by molar-refractivity contribution is 0.146. The van der Waals surface area contributed by atoms with Crippen LogP contribution in [0.2, 0.25) is 5.02 Å². The van der Waals surface area contributed by atoms with Gasteiger partial charge in [-0.05, 0) is 12.1 Å². The summed E-state index contributed by atoms with van der Waals surface area (Å²) in [6.07, 6.45) is 1.43. The van der Waals surface area contributed by atoms with Crippen LogP contribution in [0.1, 0.15) is 0 Å². The number of hydrogen-bond acceptors (Lipinski definition) is 7. The molecule has 118 valence electrons. The van der Waals surface area contributed by atoms with Gasteiger partial charge >= 0.3 is 0 Å². The van der Waals surface area contributed by atoms with E-state index in [9.17, 15) is 0 Å². The number of halogens is 1. The van der Waals surface area contributed by atoms with Crippen molar-refractivity contribution >= 4 is 29.1 Å². The van der Waals surface area contributed by atoms with Gasteiger partial charge in [0.1, 0.15) is 23.1 Å². The average molecular weight is 325 g/mol. The highest BCUT2D eigenvalue weighted by Crippen LogP contribution is 2.33. The molecule has 0 amide bonds. The molecule has 0 atom stereocenters. The van der Waals surface area contributed by atoms with E-state index in [-0.39, 0.29) is 5.95 Å². The summed E-state index contributed by atoms with van der Waals surface area (Å²) in [4.78, 5) is 7.86. The summed E-state index contributed by atoms with van der Waals surface area (Å²) in [6, 6.07) is 5.37. The first-order valence-electron chi connectivity index (χ1n) is 6.49. The maximum Gasteiger partial charge on any atom is 0.222 e. The molecular formula is C14H17ClN4O3. The number of nitrogens with zero attached hydrogens (tertiary/aromatic N) is 2. The predicted octanol–water partition coefficient (Wildman–Crippen LogP) is 2.49. The molecule has 7 nitrogen and oxygen atoms in total. The lowest BCUT2D eigenvalue weighted by Crippen LogP contribution is -2.05. The Balaban J connectivity index is 2.18. The third-order valence-corrected chi connectivity index (χ3v) is 3.02. The minimum Gasteiger partial charge on any atom is -0.494 e. The summed E-state index contributed by atoms with van der Waals surface area (Å²) in [5.41, 5.74) is 6.24. The van der Waals surface area contributed by atoms with Crippen molar-refractivity contribution in [2.75, 3.05) is 38.5 Å². The topological polar surface area (TPSA) is 91.5 Å². The minimum absolute atomic E-state index is 0.130. The maximum absolute atomic E-state index is 6.03. The van der Waals surface area contributed by atoms with Crippen LogP contribution in [-0.4, -0.2) is 37.4 Å². The summed E-state index contributed by atoms with van der Waals surface area (Å²) in [7, 11) is 3.18. The van der Waals surface area contributed by atoms with E-state index in [2.05, 4.69) is 15.3 Å². The molecule has 22 heavy (non-hydrogen) atoms. The normalized spacial score (nSPS) is 10.3. The summed E-state index contributed by atoms with van der Waals surface area (Å²) in [5, 5.41) is 3.42. The van der Waals surface area contributed by atoms with Crippen molar-refractivity contribution in [1.82, 2.24) is 9.97 Å². The SMILES string of the molecule is COCCOc1ccc(Nc2nc(N)ncc2Cl)c(OC)c1. The Labute approximate surface area is 133 Å². The van der Waals surface area contributed by atoms with Gasteiger partial charge in [-0.3, -0.25) is 0 Å². The number of rotatable bonds is 7. The van der Waals surface area contributed by atoms with Crippen LogP contribution in [-0.2, 0) is 4.74 Å². The molecule has 2 rings (SSSR count). The monoisotopic (exact) mass is 324 g/mol. The fourth-order valence-electron chi connectivity index (χ4n) is 1.70. The van der Waals surface area contributed by atoms with E-state index in [0.29, 0.717) is 41.2 Å². The molecule has 8 heteroatoms. The molecule has 0 saturated carbocycles. The molecule has 1 heterocycles. The molecule has 0 unspecified atom stereocenters. The number of nitrogens with one attached hydrogen (secondary N) is 1. The maximum atomic E-state index is 6.03. The largest absolute Gasteiger partial charge is 0.494 e. The second-order valence-corrected chi connectivity index (χ2v) is 4.66. The number of methoxy groups -OCH3 is 2. The molecule has 0 aliphatic carbocycles. The summed E-state index contributed by atoms with van der Waals surface area (Å²) >= 11 is 6.03. The van der Waals surface area contributed by atoms with E-state index in [1.807, 2.05) is 0 Å². The molecular weight excluding hydrogens is 308 g/mol. The molecule has 3 N–H and O–H groups in total. The predicted molar refractivity (Wildman–Crippen MR) is 85.1 cm³/mol. The van der Waals surface area contributed by atoms with Crippen molar-refractivity contribution in [2.45, 2.75) is 0 Å². The molecule has 2 aromatic rings. The third kappa shape index (κ3) is 4.12. The first kappa shape index (κ1) is 16.1. The highest BCUT2D eigenvalue weighted by atomic mass is 35.5. The Morgan fingerprint density at radius 1 is 1.27 bits per heavy atom. The van der Waals surface area contributed by atoms with Crippen molar-refractivity contribution in [1.29, 1.82) is 0 Å². The van der Waals surface area contributed by atoms with Gasteiger partial charge in [0.05, 0.1) is 25.6 Å². The van der Waals surface area contributed by atoms with Gasteiger partial charge in [-0.25, -0.2) is 4.98 Å². The Kier molecular flexibility index (Phi) is 5.62. The zero-order chi connectivity index (χ0) is 15.9. The van der Waals surface area contributed by atoms with Crippen molar-refractivity contribution in [3.8, 4) is 11.5 Å². The first-order chi connectivity index (χ1) is 10.6. The van der Waals surface area contributed by atoms with Gasteiger partial charge in [-0.2, -0.15) is 4.98 Å². The standard InChI is InChI=1S/C14H17ClN4O3/c1-20-5-6-22-9-3-4-11(12(7-9)21-2)18-13-10(15)8-17-14(16)19-13/h3-4,7-8H,5-6H2,1-2H3,(H3,16,17,18,19). The highest BCUT2D eigenvalue weighted by molar-refractivity contribution is 6.32. The van der Waals surface area contributed by atoms with Crippen LogP contribution >= 0.6 is 11.6 Å². The van der Waals surface area contributed by atoms with Crippen molar-refractivity contribution in [2.24, 2.45) is 0 Å². The molecule has 0 aliphatic rings. The van der Waals surface area contributed by atoms with Gasteiger partial charge in [0.25, 0.3) is 0 Å². The number of aromatic nitrogens is 2. The average Bonchev–Trinajstić information content (AvgIpc) is 2.52. The Bertz CT molecular complexity index is 639. The number of anilines is 3. The molecule has 0 fully saturated rings. The summed E-state index contributed by atoms with van der Waals surface area (Å²) in [5.74, 6) is 1.79. The number of benzene rings is 1. The number of hydrogen-bond donors (Lipinski definition) is 2. The van der Waals surface area contributed by atoms with Crippen molar-refractivity contribution < 1.29 is 14.2 Å².